The average molecular weight is 349 g/mol. The van der Waals surface area contributed by atoms with Gasteiger partial charge in [0, 0.05) is 32.2 Å². The van der Waals surface area contributed by atoms with Crippen LogP contribution in [0.3, 0.4) is 0 Å². The summed E-state index contributed by atoms with van der Waals surface area (Å²) in [5.41, 5.74) is 0.995. The predicted octanol–water partition coefficient (Wildman–Crippen LogP) is 2.60. The van der Waals surface area contributed by atoms with Crippen LogP contribution in [0.5, 0.6) is 0 Å². The van der Waals surface area contributed by atoms with E-state index in [1.807, 2.05) is 12.1 Å². The van der Waals surface area contributed by atoms with E-state index in [-0.39, 0.29) is 6.04 Å². The molecule has 0 N–H and O–H groups in total. The lowest BCUT2D eigenvalue weighted by atomic mass is 10.2. The Bertz CT molecular complexity index is 636. The number of hydrogen-bond acceptors (Lipinski definition) is 3. The predicted molar refractivity (Wildman–Crippen MR) is 85.3 cm³/mol. The molecule has 1 aromatic rings. The first-order chi connectivity index (χ1) is 9.97. The molecule has 2 aliphatic rings. The van der Waals surface area contributed by atoms with Gasteiger partial charge >= 0.3 is 0 Å². The summed E-state index contributed by atoms with van der Waals surface area (Å²) in [6, 6.07) is 5.74. The van der Waals surface area contributed by atoms with Gasteiger partial charge in [0.15, 0.2) is 0 Å². The summed E-state index contributed by atoms with van der Waals surface area (Å²) in [6.07, 6.45) is 1.64. The molecule has 0 amide bonds. The first kappa shape index (κ1) is 15.6. The summed E-state index contributed by atoms with van der Waals surface area (Å²) in [4.78, 5) is 2.25. The van der Waals surface area contributed by atoms with Crippen molar-refractivity contribution in [1.82, 2.24) is 9.21 Å². The minimum atomic E-state index is -3.02. The molecule has 1 unspecified atom stereocenters. The summed E-state index contributed by atoms with van der Waals surface area (Å²) < 4.78 is 25.6. The van der Waals surface area contributed by atoms with Crippen LogP contribution in [0, 0.1) is 0 Å². The minimum Gasteiger partial charge on any atom is -0.297 e. The van der Waals surface area contributed by atoms with Crippen LogP contribution in [-0.4, -0.2) is 49.1 Å². The number of halogens is 2. The molecule has 2 fully saturated rings. The minimum absolute atomic E-state index is 0.107. The first-order valence-electron chi connectivity index (χ1n) is 7.12. The summed E-state index contributed by atoms with van der Waals surface area (Å²) in [5.74, 6) is 0.295. The van der Waals surface area contributed by atoms with Crippen molar-refractivity contribution in [2.24, 2.45) is 0 Å². The molecule has 1 aromatic carbocycles. The zero-order valence-corrected chi connectivity index (χ0v) is 14.0. The summed E-state index contributed by atoms with van der Waals surface area (Å²) in [6.45, 7) is 3.03. The number of sulfonamides is 1. The third-order valence-corrected chi connectivity index (χ3v) is 7.08. The van der Waals surface area contributed by atoms with Crippen molar-refractivity contribution >= 4 is 33.2 Å². The zero-order chi connectivity index (χ0) is 15.0. The van der Waals surface area contributed by atoms with Gasteiger partial charge in [0.1, 0.15) is 0 Å². The largest absolute Gasteiger partial charge is 0.297 e. The molecular weight excluding hydrogens is 331 g/mol. The van der Waals surface area contributed by atoms with E-state index in [4.69, 9.17) is 23.2 Å². The molecule has 0 radical (unpaired) electrons. The monoisotopic (exact) mass is 348 g/mol. The lowest BCUT2D eigenvalue weighted by Gasteiger charge is -2.23. The Balaban J connectivity index is 1.66. The van der Waals surface area contributed by atoms with Crippen LogP contribution in [0.15, 0.2) is 18.2 Å². The van der Waals surface area contributed by atoms with Crippen molar-refractivity contribution in [3.05, 3.63) is 33.8 Å². The van der Waals surface area contributed by atoms with Gasteiger partial charge in [-0.25, -0.2) is 8.42 Å². The highest BCUT2D eigenvalue weighted by molar-refractivity contribution is 7.89. The molecule has 116 valence electrons. The Kier molecular flexibility index (Phi) is 4.48. The number of hydrogen-bond donors (Lipinski definition) is 0. The molecule has 2 heterocycles. The van der Waals surface area contributed by atoms with Crippen LogP contribution in [0.4, 0.5) is 0 Å². The highest BCUT2D eigenvalue weighted by Crippen LogP contribution is 2.29. The molecule has 0 aliphatic carbocycles. The Morgan fingerprint density at radius 2 is 2.05 bits per heavy atom. The van der Waals surface area contributed by atoms with Crippen molar-refractivity contribution in [2.75, 3.05) is 25.4 Å². The maximum absolute atomic E-state index is 12.0. The van der Waals surface area contributed by atoms with Crippen molar-refractivity contribution in [3.8, 4) is 0 Å². The summed E-state index contributed by atoms with van der Waals surface area (Å²) >= 11 is 12.2. The van der Waals surface area contributed by atoms with E-state index in [0.29, 0.717) is 28.9 Å². The van der Waals surface area contributed by atoms with E-state index in [1.165, 1.54) is 0 Å². The van der Waals surface area contributed by atoms with E-state index in [2.05, 4.69) is 4.90 Å². The van der Waals surface area contributed by atoms with Gasteiger partial charge in [-0.05, 0) is 24.5 Å². The first-order valence-corrected chi connectivity index (χ1v) is 9.48. The lowest BCUT2D eigenvalue weighted by Crippen LogP contribution is -2.38. The second kappa shape index (κ2) is 6.05. The second-order valence-electron chi connectivity index (χ2n) is 5.67. The van der Waals surface area contributed by atoms with Crippen molar-refractivity contribution < 1.29 is 8.42 Å². The maximum atomic E-state index is 12.0. The van der Waals surface area contributed by atoms with Gasteiger partial charge < -0.3 is 0 Å². The zero-order valence-electron chi connectivity index (χ0n) is 11.6. The topological polar surface area (TPSA) is 40.6 Å². The van der Waals surface area contributed by atoms with Gasteiger partial charge in [-0.3, -0.25) is 4.90 Å². The SMILES string of the molecule is O=S1(=O)CCCN1C1CCN(Cc2cccc(Cl)c2Cl)C1. The number of likely N-dealkylation sites (tertiary alicyclic amines) is 1. The second-order valence-corrected chi connectivity index (χ2v) is 8.50. The van der Waals surface area contributed by atoms with E-state index < -0.39 is 10.0 Å². The standard InChI is InChI=1S/C14H18Cl2N2O2S/c15-13-4-1-3-11(14(13)16)9-17-7-5-12(10-17)18-6-2-8-21(18,19)20/h1,3-4,12H,2,5-10H2. The van der Waals surface area contributed by atoms with Crippen LogP contribution in [0.25, 0.3) is 0 Å². The van der Waals surface area contributed by atoms with Gasteiger partial charge in [-0.1, -0.05) is 35.3 Å². The number of nitrogens with zero attached hydrogens (tertiary/aromatic N) is 2. The van der Waals surface area contributed by atoms with E-state index in [0.717, 1.165) is 31.5 Å². The van der Waals surface area contributed by atoms with Gasteiger partial charge in [-0.15, -0.1) is 0 Å². The molecular formula is C14H18Cl2N2O2S. The van der Waals surface area contributed by atoms with E-state index in [1.54, 1.807) is 10.4 Å². The number of benzene rings is 1. The summed E-state index contributed by atoms with van der Waals surface area (Å²) in [7, 11) is -3.02. The number of rotatable bonds is 3. The van der Waals surface area contributed by atoms with E-state index in [9.17, 15) is 8.42 Å². The Hall–Kier alpha value is -0.330. The molecule has 0 aromatic heterocycles. The quantitative estimate of drug-likeness (QED) is 0.842. The van der Waals surface area contributed by atoms with Crippen LogP contribution in [0.2, 0.25) is 10.0 Å². The molecule has 0 saturated carbocycles. The highest BCUT2D eigenvalue weighted by Gasteiger charge is 2.37. The molecule has 3 rings (SSSR count). The molecule has 2 saturated heterocycles. The van der Waals surface area contributed by atoms with Gasteiger partial charge in [-0.2, -0.15) is 4.31 Å². The molecule has 0 spiro atoms. The van der Waals surface area contributed by atoms with Crippen molar-refractivity contribution in [1.29, 1.82) is 0 Å². The fraction of sp³-hybridized carbons (Fsp3) is 0.571. The Morgan fingerprint density at radius 3 is 2.76 bits per heavy atom. The molecule has 1 atom stereocenters. The third-order valence-electron chi connectivity index (χ3n) is 4.22. The third kappa shape index (κ3) is 3.22. The fourth-order valence-corrected chi connectivity index (χ4v) is 5.31. The molecule has 21 heavy (non-hydrogen) atoms. The van der Waals surface area contributed by atoms with Crippen LogP contribution in [-0.2, 0) is 16.6 Å². The van der Waals surface area contributed by atoms with Crippen LogP contribution in [0.1, 0.15) is 18.4 Å². The Morgan fingerprint density at radius 1 is 1.24 bits per heavy atom. The molecule has 0 bridgehead atoms. The van der Waals surface area contributed by atoms with Crippen LogP contribution < -0.4 is 0 Å². The van der Waals surface area contributed by atoms with Crippen LogP contribution >= 0.6 is 23.2 Å². The highest BCUT2D eigenvalue weighted by atomic mass is 35.5. The van der Waals surface area contributed by atoms with Crippen molar-refractivity contribution in [3.63, 3.8) is 0 Å². The van der Waals surface area contributed by atoms with Gasteiger partial charge in [0.05, 0.1) is 15.8 Å². The summed E-state index contributed by atoms with van der Waals surface area (Å²) in [5, 5.41) is 1.16. The molecule has 7 heteroatoms. The smallest absolute Gasteiger partial charge is 0.214 e. The Labute approximate surface area is 135 Å². The van der Waals surface area contributed by atoms with Gasteiger partial charge in [0.2, 0.25) is 10.0 Å². The molecule has 2 aliphatic heterocycles. The maximum Gasteiger partial charge on any atom is 0.214 e. The lowest BCUT2D eigenvalue weighted by molar-refractivity contribution is 0.289. The fourth-order valence-electron chi connectivity index (χ4n) is 3.17. The van der Waals surface area contributed by atoms with Crippen molar-refractivity contribution in [2.45, 2.75) is 25.4 Å². The van der Waals surface area contributed by atoms with E-state index >= 15 is 0 Å². The van der Waals surface area contributed by atoms with Gasteiger partial charge in [0.25, 0.3) is 0 Å². The average Bonchev–Trinajstić information content (AvgIpc) is 3.01. The molecule has 4 nitrogen and oxygen atoms in total. The normalized spacial score (nSPS) is 26.5.